The van der Waals surface area contributed by atoms with E-state index in [-0.39, 0.29) is 17.9 Å². The maximum Gasteiger partial charge on any atom is 0.291 e. The highest BCUT2D eigenvalue weighted by atomic mass is 16.3. The lowest BCUT2D eigenvalue weighted by Crippen LogP contribution is -2.53. The second-order valence-corrected chi connectivity index (χ2v) is 5.94. The van der Waals surface area contributed by atoms with Gasteiger partial charge in [0, 0.05) is 32.6 Å². The van der Waals surface area contributed by atoms with Crippen molar-refractivity contribution >= 4 is 11.8 Å². The van der Waals surface area contributed by atoms with E-state index in [0.29, 0.717) is 24.8 Å². The fourth-order valence-electron chi connectivity index (χ4n) is 3.62. The predicted octanol–water partition coefficient (Wildman–Crippen LogP) is 1.54. The summed E-state index contributed by atoms with van der Waals surface area (Å²) in [6.45, 7) is 3.87. The third-order valence-corrected chi connectivity index (χ3v) is 4.65. The second-order valence-electron chi connectivity index (χ2n) is 5.94. The van der Waals surface area contributed by atoms with Crippen LogP contribution in [-0.4, -0.2) is 52.3 Å². The van der Waals surface area contributed by atoms with E-state index in [0.717, 1.165) is 32.2 Å². The molecule has 0 radical (unpaired) electrons. The van der Waals surface area contributed by atoms with Crippen molar-refractivity contribution in [1.82, 2.24) is 14.8 Å². The van der Waals surface area contributed by atoms with Crippen molar-refractivity contribution in [1.29, 1.82) is 0 Å². The van der Waals surface area contributed by atoms with Crippen LogP contribution in [0.25, 0.3) is 0 Å². The molecule has 0 aromatic carbocycles. The minimum absolute atomic E-state index is 0.0930. The van der Waals surface area contributed by atoms with E-state index >= 15 is 0 Å². The van der Waals surface area contributed by atoms with Crippen LogP contribution in [0.4, 0.5) is 0 Å². The molecule has 3 rings (SSSR count). The summed E-state index contributed by atoms with van der Waals surface area (Å²) in [4.78, 5) is 31.8. The molecule has 2 amide bonds. The molecule has 2 atom stereocenters. The van der Waals surface area contributed by atoms with Crippen LogP contribution in [0.5, 0.6) is 0 Å². The molecule has 0 aliphatic carbocycles. The zero-order valence-corrected chi connectivity index (χ0v) is 12.3. The van der Waals surface area contributed by atoms with Crippen LogP contribution in [0.3, 0.4) is 0 Å². The van der Waals surface area contributed by atoms with E-state index < -0.39 is 0 Å². The molecule has 21 heavy (non-hydrogen) atoms. The number of nitrogens with zero attached hydrogens (tertiary/aromatic N) is 3. The molecule has 2 fully saturated rings. The first-order valence-electron chi connectivity index (χ1n) is 7.62. The molecular formula is C15H21N3O3. The number of likely N-dealkylation sites (tertiary alicyclic amines) is 2. The number of carbonyl (C=O) groups is 2. The first-order chi connectivity index (χ1) is 10.2. The Bertz CT molecular complexity index is 514. The number of aromatic nitrogens is 1. The van der Waals surface area contributed by atoms with Gasteiger partial charge in [-0.15, -0.1) is 0 Å². The van der Waals surface area contributed by atoms with Gasteiger partial charge in [0.05, 0.1) is 6.20 Å². The lowest BCUT2D eigenvalue weighted by molar-refractivity contribution is -0.132. The fourth-order valence-corrected chi connectivity index (χ4v) is 3.62. The van der Waals surface area contributed by atoms with Crippen LogP contribution in [0, 0.1) is 5.92 Å². The Morgan fingerprint density at radius 1 is 1.29 bits per heavy atom. The molecule has 3 heterocycles. The fraction of sp³-hybridized carbons (Fsp3) is 0.667. The number of hydrogen-bond acceptors (Lipinski definition) is 4. The Balaban J connectivity index is 1.72. The molecular weight excluding hydrogens is 270 g/mol. The third kappa shape index (κ3) is 2.80. The predicted molar refractivity (Wildman–Crippen MR) is 75.5 cm³/mol. The number of carbonyl (C=O) groups excluding carboxylic acids is 2. The summed E-state index contributed by atoms with van der Waals surface area (Å²) >= 11 is 0. The first-order valence-corrected chi connectivity index (χ1v) is 7.62. The highest BCUT2D eigenvalue weighted by Gasteiger charge is 2.37. The summed E-state index contributed by atoms with van der Waals surface area (Å²) in [7, 11) is 0. The molecule has 1 aromatic heterocycles. The van der Waals surface area contributed by atoms with Crippen molar-refractivity contribution in [2.45, 2.75) is 38.6 Å². The summed E-state index contributed by atoms with van der Waals surface area (Å²) in [6.07, 6.45) is 6.85. The Kier molecular flexibility index (Phi) is 3.94. The van der Waals surface area contributed by atoms with E-state index in [9.17, 15) is 9.59 Å². The standard InChI is InChI=1S/C15H21N3O3/c1-11(19)18-6-3-2-4-12-9-17(7-5-13(12)18)15(20)14-8-16-10-21-14/h8,10,12-13H,2-7,9H2,1H3/t12-,13-/m1/s1. The largest absolute Gasteiger partial charge is 0.438 e. The van der Waals surface area contributed by atoms with Crippen molar-refractivity contribution in [2.24, 2.45) is 5.92 Å². The lowest BCUT2D eigenvalue weighted by atomic mass is 9.88. The maximum absolute atomic E-state index is 12.3. The zero-order valence-electron chi connectivity index (χ0n) is 12.3. The molecule has 1 aromatic rings. The van der Waals surface area contributed by atoms with Gasteiger partial charge in [-0.1, -0.05) is 6.42 Å². The smallest absolute Gasteiger partial charge is 0.291 e. The quantitative estimate of drug-likeness (QED) is 0.787. The SMILES string of the molecule is CC(=O)N1CCCC[C@@H]2CN(C(=O)c3cnco3)CC[C@H]21. The average molecular weight is 291 g/mol. The molecule has 2 saturated heterocycles. The van der Waals surface area contributed by atoms with Crippen molar-refractivity contribution in [3.05, 3.63) is 18.4 Å². The lowest BCUT2D eigenvalue weighted by Gasteiger charge is -2.42. The molecule has 0 bridgehead atoms. The Labute approximate surface area is 124 Å². The van der Waals surface area contributed by atoms with Crippen molar-refractivity contribution in [3.63, 3.8) is 0 Å². The van der Waals surface area contributed by atoms with Gasteiger partial charge in [-0.2, -0.15) is 0 Å². The summed E-state index contributed by atoms with van der Waals surface area (Å²) < 4.78 is 5.10. The zero-order chi connectivity index (χ0) is 14.8. The molecule has 0 saturated carbocycles. The summed E-state index contributed by atoms with van der Waals surface area (Å²) in [5.41, 5.74) is 0. The van der Waals surface area contributed by atoms with Gasteiger partial charge in [0.1, 0.15) is 0 Å². The first kappa shape index (κ1) is 14.1. The van der Waals surface area contributed by atoms with Crippen LogP contribution < -0.4 is 0 Å². The van der Waals surface area contributed by atoms with Crippen LogP contribution in [0.15, 0.2) is 17.0 Å². The van der Waals surface area contributed by atoms with Crippen molar-refractivity contribution in [2.75, 3.05) is 19.6 Å². The normalized spacial score (nSPS) is 26.1. The van der Waals surface area contributed by atoms with E-state index in [1.54, 1.807) is 6.92 Å². The van der Waals surface area contributed by atoms with Crippen LogP contribution in [0.1, 0.15) is 43.2 Å². The number of rotatable bonds is 1. The van der Waals surface area contributed by atoms with E-state index in [2.05, 4.69) is 4.98 Å². The minimum Gasteiger partial charge on any atom is -0.438 e. The molecule has 0 N–H and O–H groups in total. The van der Waals surface area contributed by atoms with Gasteiger partial charge in [-0.05, 0) is 25.2 Å². The van der Waals surface area contributed by atoms with Crippen LogP contribution >= 0.6 is 0 Å². The van der Waals surface area contributed by atoms with Gasteiger partial charge in [-0.3, -0.25) is 9.59 Å². The highest BCUT2D eigenvalue weighted by molar-refractivity contribution is 5.91. The van der Waals surface area contributed by atoms with Gasteiger partial charge in [-0.25, -0.2) is 4.98 Å². The Morgan fingerprint density at radius 2 is 2.14 bits per heavy atom. The van der Waals surface area contributed by atoms with Gasteiger partial charge < -0.3 is 14.2 Å². The van der Waals surface area contributed by atoms with E-state index in [1.807, 2.05) is 9.80 Å². The monoisotopic (exact) mass is 291 g/mol. The minimum atomic E-state index is -0.0930. The summed E-state index contributed by atoms with van der Waals surface area (Å²) in [5, 5.41) is 0. The molecule has 6 nitrogen and oxygen atoms in total. The van der Waals surface area contributed by atoms with Gasteiger partial charge in [0.25, 0.3) is 5.91 Å². The number of piperidine rings is 1. The molecule has 2 aliphatic rings. The number of amides is 2. The van der Waals surface area contributed by atoms with E-state index in [1.165, 1.54) is 12.6 Å². The summed E-state index contributed by atoms with van der Waals surface area (Å²) in [6, 6.07) is 0.281. The number of fused-ring (bicyclic) bond motifs is 1. The van der Waals surface area contributed by atoms with Gasteiger partial charge in [0.15, 0.2) is 6.39 Å². The Morgan fingerprint density at radius 3 is 2.86 bits per heavy atom. The topological polar surface area (TPSA) is 66.7 Å². The molecule has 2 aliphatic heterocycles. The average Bonchev–Trinajstić information content (AvgIpc) is 2.92. The Hall–Kier alpha value is -1.85. The number of hydrogen-bond donors (Lipinski definition) is 0. The third-order valence-electron chi connectivity index (χ3n) is 4.65. The van der Waals surface area contributed by atoms with Gasteiger partial charge >= 0.3 is 0 Å². The van der Waals surface area contributed by atoms with Gasteiger partial charge in [0.2, 0.25) is 11.7 Å². The molecule has 6 heteroatoms. The maximum atomic E-state index is 12.3. The second kappa shape index (κ2) is 5.87. The van der Waals surface area contributed by atoms with Crippen LogP contribution in [0.2, 0.25) is 0 Å². The summed E-state index contributed by atoms with van der Waals surface area (Å²) in [5.74, 6) is 0.731. The molecule has 114 valence electrons. The van der Waals surface area contributed by atoms with Crippen molar-refractivity contribution in [3.8, 4) is 0 Å². The van der Waals surface area contributed by atoms with Crippen molar-refractivity contribution < 1.29 is 14.0 Å². The van der Waals surface area contributed by atoms with E-state index in [4.69, 9.17) is 4.42 Å². The number of oxazole rings is 1. The molecule has 0 spiro atoms. The highest BCUT2D eigenvalue weighted by Crippen LogP contribution is 2.30. The van der Waals surface area contributed by atoms with Crippen LogP contribution in [-0.2, 0) is 4.79 Å². The molecule has 0 unspecified atom stereocenters.